The number of esters is 1. The molecule has 4 rings (SSSR count). The topological polar surface area (TPSA) is 129 Å². The summed E-state index contributed by atoms with van der Waals surface area (Å²) in [6, 6.07) is 20.4. The minimum absolute atomic E-state index is 0.00813. The van der Waals surface area contributed by atoms with Gasteiger partial charge in [0.05, 0.1) is 13.2 Å². The van der Waals surface area contributed by atoms with Gasteiger partial charge in [0, 0.05) is 5.56 Å². The number of ether oxygens (including phenoxy) is 1. The third-order valence-corrected chi connectivity index (χ3v) is 5.84. The van der Waals surface area contributed by atoms with Gasteiger partial charge in [-0.05, 0) is 23.3 Å². The van der Waals surface area contributed by atoms with Gasteiger partial charge in [-0.3, -0.25) is 9.59 Å². The van der Waals surface area contributed by atoms with Crippen molar-refractivity contribution in [3.63, 3.8) is 0 Å². The van der Waals surface area contributed by atoms with Gasteiger partial charge in [-0.25, -0.2) is 4.79 Å². The number of likely N-dealkylation sites (tertiary alicyclic amines) is 1. The standard InChI is InChI=1S/C26H23N3O6/c1-35-26(33)23(18-12-14-19(30)15-13-18)29-22(17-10-6-3-7-11-17)21(25(29)32)27-24(31)20(28-34)16-8-4-2-5-9-16/h2-15,21-23,30,34H,1H3,(H,27,31)/b28-20+. The number of oxime groups is 1. The first-order valence-electron chi connectivity index (χ1n) is 10.8. The van der Waals surface area contributed by atoms with Crippen molar-refractivity contribution in [2.45, 2.75) is 18.1 Å². The molecular weight excluding hydrogens is 450 g/mol. The Labute approximate surface area is 201 Å². The molecule has 0 aliphatic carbocycles. The molecule has 3 aromatic carbocycles. The first kappa shape index (κ1) is 23.5. The molecule has 0 spiro atoms. The largest absolute Gasteiger partial charge is 0.508 e. The average molecular weight is 473 g/mol. The van der Waals surface area contributed by atoms with Gasteiger partial charge in [0.1, 0.15) is 11.8 Å². The number of carbonyl (C=O) groups excluding carboxylic acids is 3. The molecule has 0 radical (unpaired) electrons. The number of hydrogen-bond acceptors (Lipinski definition) is 7. The minimum atomic E-state index is -1.11. The Hall–Kier alpha value is -4.66. The maximum atomic E-state index is 13.4. The molecule has 1 fully saturated rings. The predicted octanol–water partition coefficient (Wildman–Crippen LogP) is 2.55. The van der Waals surface area contributed by atoms with Crippen LogP contribution in [0.2, 0.25) is 0 Å². The minimum Gasteiger partial charge on any atom is -0.508 e. The Morgan fingerprint density at radius 3 is 2.14 bits per heavy atom. The van der Waals surface area contributed by atoms with Crippen molar-refractivity contribution in [1.82, 2.24) is 10.2 Å². The van der Waals surface area contributed by atoms with E-state index >= 15 is 0 Å². The van der Waals surface area contributed by atoms with Crippen LogP contribution in [0.5, 0.6) is 5.75 Å². The van der Waals surface area contributed by atoms with Crippen LogP contribution in [0.15, 0.2) is 90.1 Å². The number of rotatable bonds is 7. The van der Waals surface area contributed by atoms with E-state index in [1.807, 2.05) is 6.07 Å². The van der Waals surface area contributed by atoms with E-state index in [1.165, 1.54) is 36.3 Å². The van der Waals surface area contributed by atoms with E-state index in [2.05, 4.69) is 10.5 Å². The number of carbonyl (C=O) groups is 3. The molecule has 1 saturated heterocycles. The third kappa shape index (κ3) is 4.56. The quantitative estimate of drug-likeness (QED) is 0.159. The highest BCUT2D eigenvalue weighted by Gasteiger charge is 2.54. The van der Waals surface area contributed by atoms with Crippen molar-refractivity contribution >= 4 is 23.5 Å². The molecule has 9 nitrogen and oxygen atoms in total. The van der Waals surface area contributed by atoms with Crippen LogP contribution in [0.4, 0.5) is 0 Å². The van der Waals surface area contributed by atoms with Gasteiger partial charge in [-0.1, -0.05) is 78.0 Å². The van der Waals surface area contributed by atoms with Gasteiger partial charge in [-0.15, -0.1) is 0 Å². The number of aromatic hydroxyl groups is 1. The SMILES string of the molecule is COC(=O)C(c1ccc(O)cc1)N1C(=O)C(NC(=O)/C(=N/O)c2ccccc2)C1c1ccccc1. The zero-order valence-electron chi connectivity index (χ0n) is 18.7. The van der Waals surface area contributed by atoms with E-state index in [4.69, 9.17) is 4.74 Å². The molecule has 3 atom stereocenters. The lowest BCUT2D eigenvalue weighted by atomic mass is 9.84. The molecule has 0 aromatic heterocycles. The fourth-order valence-electron chi connectivity index (χ4n) is 4.16. The summed E-state index contributed by atoms with van der Waals surface area (Å²) >= 11 is 0. The fraction of sp³-hybridized carbons (Fsp3) is 0.154. The maximum absolute atomic E-state index is 13.4. The molecule has 2 amide bonds. The lowest BCUT2D eigenvalue weighted by Gasteiger charge is -2.50. The number of β-lactam (4-membered cyclic amide) rings is 1. The number of methoxy groups -OCH3 is 1. The summed E-state index contributed by atoms with van der Waals surface area (Å²) in [4.78, 5) is 40.5. The van der Waals surface area contributed by atoms with Crippen LogP contribution in [0.1, 0.15) is 28.8 Å². The van der Waals surface area contributed by atoms with Crippen molar-refractivity contribution in [3.8, 4) is 5.75 Å². The van der Waals surface area contributed by atoms with E-state index in [0.29, 0.717) is 16.7 Å². The van der Waals surface area contributed by atoms with E-state index in [9.17, 15) is 24.7 Å². The summed E-state index contributed by atoms with van der Waals surface area (Å²) in [5.41, 5.74) is 1.26. The number of nitrogens with zero attached hydrogens (tertiary/aromatic N) is 2. The maximum Gasteiger partial charge on any atom is 0.333 e. The summed E-state index contributed by atoms with van der Waals surface area (Å²) in [5, 5.41) is 24.9. The van der Waals surface area contributed by atoms with Crippen LogP contribution in [0.3, 0.4) is 0 Å². The molecule has 1 heterocycles. The van der Waals surface area contributed by atoms with Gasteiger partial charge in [0.25, 0.3) is 5.91 Å². The summed E-state index contributed by atoms with van der Waals surface area (Å²) in [6.45, 7) is 0. The lowest BCUT2D eigenvalue weighted by Crippen LogP contribution is -2.67. The lowest BCUT2D eigenvalue weighted by molar-refractivity contribution is -0.169. The van der Waals surface area contributed by atoms with Crippen LogP contribution in [-0.2, 0) is 19.1 Å². The number of phenols is 1. The number of nitrogens with one attached hydrogen (secondary N) is 1. The van der Waals surface area contributed by atoms with Crippen molar-refractivity contribution in [3.05, 3.63) is 102 Å². The molecule has 0 bridgehead atoms. The van der Waals surface area contributed by atoms with Crippen molar-refractivity contribution in [1.29, 1.82) is 0 Å². The van der Waals surface area contributed by atoms with Crippen LogP contribution in [0, 0.1) is 0 Å². The molecule has 1 aliphatic heterocycles. The smallest absolute Gasteiger partial charge is 0.333 e. The van der Waals surface area contributed by atoms with Gasteiger partial charge in [0.2, 0.25) is 5.91 Å². The zero-order chi connectivity index (χ0) is 24.9. The number of amides is 2. The first-order chi connectivity index (χ1) is 17.0. The molecule has 3 N–H and O–H groups in total. The van der Waals surface area contributed by atoms with E-state index < -0.39 is 35.9 Å². The van der Waals surface area contributed by atoms with Gasteiger partial charge >= 0.3 is 5.97 Å². The number of hydrogen-bond donors (Lipinski definition) is 3. The van der Waals surface area contributed by atoms with Crippen molar-refractivity contribution in [2.75, 3.05) is 7.11 Å². The number of benzene rings is 3. The van der Waals surface area contributed by atoms with Gasteiger partial charge in [0.15, 0.2) is 11.8 Å². The second-order valence-corrected chi connectivity index (χ2v) is 7.88. The number of phenolic OH excluding ortho intramolecular Hbond substituents is 1. The molecule has 3 aromatic rings. The molecule has 1 aliphatic rings. The van der Waals surface area contributed by atoms with Crippen LogP contribution in [0.25, 0.3) is 0 Å². The highest BCUT2D eigenvalue weighted by molar-refractivity contribution is 6.45. The highest BCUT2D eigenvalue weighted by Crippen LogP contribution is 2.42. The summed E-state index contributed by atoms with van der Waals surface area (Å²) < 4.78 is 4.98. The Balaban J connectivity index is 1.69. The fourth-order valence-corrected chi connectivity index (χ4v) is 4.16. The molecule has 3 unspecified atom stereocenters. The average Bonchev–Trinajstić information content (AvgIpc) is 2.89. The van der Waals surface area contributed by atoms with Crippen molar-refractivity contribution < 1.29 is 29.4 Å². The summed E-state index contributed by atoms with van der Waals surface area (Å²) in [5.74, 6) is -1.91. The zero-order valence-corrected chi connectivity index (χ0v) is 18.7. The van der Waals surface area contributed by atoms with Crippen LogP contribution >= 0.6 is 0 Å². The molecule has 35 heavy (non-hydrogen) atoms. The van der Waals surface area contributed by atoms with Gasteiger partial charge in [-0.2, -0.15) is 0 Å². The van der Waals surface area contributed by atoms with Crippen LogP contribution in [-0.4, -0.2) is 51.9 Å². The monoisotopic (exact) mass is 473 g/mol. The van der Waals surface area contributed by atoms with Crippen molar-refractivity contribution in [2.24, 2.45) is 5.16 Å². The molecule has 0 saturated carbocycles. The van der Waals surface area contributed by atoms with Crippen LogP contribution < -0.4 is 5.32 Å². The normalized spacial score (nSPS) is 18.4. The molecule has 9 heteroatoms. The highest BCUT2D eigenvalue weighted by atomic mass is 16.5. The third-order valence-electron chi connectivity index (χ3n) is 5.84. The Kier molecular flexibility index (Phi) is 6.77. The summed E-state index contributed by atoms with van der Waals surface area (Å²) in [7, 11) is 1.22. The Morgan fingerprint density at radius 1 is 0.971 bits per heavy atom. The van der Waals surface area contributed by atoms with E-state index in [1.54, 1.807) is 54.6 Å². The Bertz CT molecular complexity index is 1250. The second kappa shape index (κ2) is 10.1. The first-order valence-corrected chi connectivity index (χ1v) is 10.8. The predicted molar refractivity (Wildman–Crippen MR) is 126 cm³/mol. The van der Waals surface area contributed by atoms with Gasteiger partial charge < -0.3 is 25.3 Å². The Morgan fingerprint density at radius 2 is 1.57 bits per heavy atom. The molecule has 178 valence electrons. The van der Waals surface area contributed by atoms with E-state index in [0.717, 1.165) is 0 Å². The van der Waals surface area contributed by atoms with E-state index in [-0.39, 0.29) is 11.5 Å². The summed E-state index contributed by atoms with van der Waals surface area (Å²) in [6.07, 6.45) is 0. The molecular formula is C26H23N3O6. The second-order valence-electron chi connectivity index (χ2n) is 7.88.